The summed E-state index contributed by atoms with van der Waals surface area (Å²) in [5.74, 6) is -4.59. The largest absolute Gasteiger partial charge is 0.478 e. The lowest BCUT2D eigenvalue weighted by molar-refractivity contribution is -0.147. The standard InChI is InChI=1S/C24H32FN5O3.C4H4O4/c1-13-15-7-8-24(2,3)11-19(15)30(29-13)14-9-16(25)22(23(27)32)18(10-14)28-17-5-4-6-20(17)33-21(31)12-26;5-3(6)1-2-4(7)8/h9-10,17,20,28H,4-8,11-12,26H2,1-3H3,(H2,27,32);1-2H,(H,5,6)(H,7,8)/t17-,20-;/m0./s1. The topological polar surface area (TPSA) is 200 Å². The molecule has 1 aromatic heterocycles. The van der Waals surface area contributed by atoms with Crippen LogP contribution in [0.2, 0.25) is 0 Å². The first-order valence-corrected chi connectivity index (χ1v) is 13.2. The highest BCUT2D eigenvalue weighted by Crippen LogP contribution is 2.38. The summed E-state index contributed by atoms with van der Waals surface area (Å²) >= 11 is 0. The van der Waals surface area contributed by atoms with E-state index in [1.54, 1.807) is 10.7 Å². The fraction of sp³-hybridized carbons (Fsp3) is 0.464. The number of nitrogens with one attached hydrogen (secondary N) is 1. The third kappa shape index (κ3) is 7.91. The average molecular weight is 574 g/mol. The number of hydrogen-bond acceptors (Lipinski definition) is 8. The van der Waals surface area contributed by atoms with Crippen molar-refractivity contribution < 1.29 is 38.5 Å². The summed E-state index contributed by atoms with van der Waals surface area (Å²) in [6.07, 6.45) is 5.73. The maximum Gasteiger partial charge on any atom is 0.328 e. The lowest BCUT2D eigenvalue weighted by atomic mass is 9.76. The first-order valence-electron chi connectivity index (χ1n) is 13.2. The van der Waals surface area contributed by atoms with Gasteiger partial charge in [-0.2, -0.15) is 5.10 Å². The van der Waals surface area contributed by atoms with Crippen LogP contribution in [-0.2, 0) is 32.0 Å². The monoisotopic (exact) mass is 573 g/mol. The van der Waals surface area contributed by atoms with Gasteiger partial charge in [0.1, 0.15) is 11.9 Å². The van der Waals surface area contributed by atoms with Crippen LogP contribution in [0.25, 0.3) is 5.69 Å². The SMILES string of the molecule is Cc1nn(-c2cc(F)c(C(N)=O)c(N[C@H]3CCC[C@@H]3OC(=O)CN)c2)c2c1CCC(C)(C)C2.O=C(O)C=CC(=O)O. The number of amides is 1. The number of esters is 1. The number of primary amides is 1. The molecule has 0 aliphatic heterocycles. The number of halogens is 1. The van der Waals surface area contributed by atoms with E-state index in [2.05, 4.69) is 19.2 Å². The van der Waals surface area contributed by atoms with Gasteiger partial charge in [-0.1, -0.05) is 13.8 Å². The Morgan fingerprint density at radius 2 is 1.85 bits per heavy atom. The van der Waals surface area contributed by atoms with E-state index >= 15 is 4.39 Å². The van der Waals surface area contributed by atoms with Crippen LogP contribution < -0.4 is 16.8 Å². The fourth-order valence-electron chi connectivity index (χ4n) is 5.20. The molecule has 2 atom stereocenters. The zero-order valence-corrected chi connectivity index (χ0v) is 23.3. The quantitative estimate of drug-likeness (QED) is 0.231. The second-order valence-corrected chi connectivity index (χ2v) is 10.9. The summed E-state index contributed by atoms with van der Waals surface area (Å²) < 4.78 is 22.4. The number of aromatic nitrogens is 2. The van der Waals surface area contributed by atoms with Gasteiger partial charge < -0.3 is 31.7 Å². The van der Waals surface area contributed by atoms with Crippen molar-refractivity contribution in [1.29, 1.82) is 0 Å². The minimum Gasteiger partial charge on any atom is -0.478 e. The predicted octanol–water partition coefficient (Wildman–Crippen LogP) is 2.48. The molecular weight excluding hydrogens is 537 g/mol. The van der Waals surface area contributed by atoms with Gasteiger partial charge in [-0.05, 0) is 62.5 Å². The molecule has 0 unspecified atom stereocenters. The third-order valence-electron chi connectivity index (χ3n) is 7.17. The van der Waals surface area contributed by atoms with Gasteiger partial charge in [0, 0.05) is 23.9 Å². The zero-order chi connectivity index (χ0) is 30.5. The van der Waals surface area contributed by atoms with Crippen LogP contribution in [0, 0.1) is 18.2 Å². The van der Waals surface area contributed by atoms with Crippen LogP contribution >= 0.6 is 0 Å². The van der Waals surface area contributed by atoms with E-state index in [9.17, 15) is 19.2 Å². The molecule has 1 heterocycles. The number of carboxylic acids is 2. The number of aryl methyl sites for hydroxylation is 1. The van der Waals surface area contributed by atoms with Gasteiger partial charge in [-0.25, -0.2) is 18.7 Å². The number of carboxylic acid groups (broad SMARTS) is 2. The highest BCUT2D eigenvalue weighted by Gasteiger charge is 2.33. The molecule has 0 spiro atoms. The predicted molar refractivity (Wildman–Crippen MR) is 147 cm³/mol. The molecule has 0 saturated heterocycles. The first-order chi connectivity index (χ1) is 19.2. The van der Waals surface area contributed by atoms with E-state index in [1.807, 2.05) is 6.92 Å². The molecule has 222 valence electrons. The van der Waals surface area contributed by atoms with Gasteiger partial charge in [0.15, 0.2) is 0 Å². The summed E-state index contributed by atoms with van der Waals surface area (Å²) in [6, 6.07) is 2.73. The number of carbonyl (C=O) groups is 4. The molecular formula is C28H36FN5O7. The van der Waals surface area contributed by atoms with Crippen molar-refractivity contribution in [2.75, 3.05) is 11.9 Å². The number of benzene rings is 1. The van der Waals surface area contributed by atoms with E-state index in [-0.39, 0.29) is 29.3 Å². The number of ether oxygens (including phenoxy) is 1. The smallest absolute Gasteiger partial charge is 0.328 e. The summed E-state index contributed by atoms with van der Waals surface area (Å²) in [5, 5.41) is 23.6. The Hall–Kier alpha value is -4.26. The number of anilines is 1. The van der Waals surface area contributed by atoms with E-state index in [0.717, 1.165) is 37.1 Å². The highest BCUT2D eigenvalue weighted by molar-refractivity contribution is 5.99. The van der Waals surface area contributed by atoms with Crippen LogP contribution in [0.15, 0.2) is 24.3 Å². The van der Waals surface area contributed by atoms with Gasteiger partial charge in [0.25, 0.3) is 5.91 Å². The average Bonchev–Trinajstić information content (AvgIpc) is 3.44. The van der Waals surface area contributed by atoms with Crippen molar-refractivity contribution in [2.45, 2.75) is 71.4 Å². The Morgan fingerprint density at radius 1 is 1.20 bits per heavy atom. The summed E-state index contributed by atoms with van der Waals surface area (Å²) in [6.45, 7) is 6.19. The number of nitrogens with zero attached hydrogens (tertiary/aromatic N) is 2. The summed E-state index contributed by atoms with van der Waals surface area (Å²) in [4.78, 5) is 42.9. The minimum absolute atomic E-state index is 0.119. The van der Waals surface area contributed by atoms with Crippen LogP contribution in [0.5, 0.6) is 0 Å². The molecule has 13 heteroatoms. The minimum atomic E-state index is -1.26. The fourth-order valence-corrected chi connectivity index (χ4v) is 5.20. The molecule has 2 aromatic rings. The Kier molecular flexibility index (Phi) is 9.87. The van der Waals surface area contributed by atoms with Crippen molar-refractivity contribution in [3.05, 3.63) is 52.6 Å². The number of carbonyl (C=O) groups excluding carboxylic acids is 2. The molecule has 12 nitrogen and oxygen atoms in total. The lowest BCUT2D eigenvalue weighted by Crippen LogP contribution is -2.35. The van der Waals surface area contributed by atoms with Gasteiger partial charge in [-0.3, -0.25) is 9.59 Å². The highest BCUT2D eigenvalue weighted by atomic mass is 19.1. The molecule has 7 N–H and O–H groups in total. The van der Waals surface area contributed by atoms with E-state index in [1.165, 1.54) is 11.6 Å². The number of fused-ring (bicyclic) bond motifs is 1. The molecule has 1 saturated carbocycles. The molecule has 4 rings (SSSR count). The number of hydrogen-bond donors (Lipinski definition) is 5. The van der Waals surface area contributed by atoms with Gasteiger partial charge >= 0.3 is 17.9 Å². The maximum absolute atomic E-state index is 15.2. The van der Waals surface area contributed by atoms with E-state index in [0.29, 0.717) is 30.7 Å². The molecule has 0 bridgehead atoms. The molecule has 1 amide bonds. The van der Waals surface area contributed by atoms with Crippen molar-refractivity contribution in [2.24, 2.45) is 16.9 Å². The normalized spacial score (nSPS) is 19.1. The number of nitrogens with two attached hydrogens (primary N) is 2. The Balaban J connectivity index is 0.000000507. The van der Waals surface area contributed by atoms with E-state index in [4.69, 9.17) is 31.5 Å². The lowest BCUT2D eigenvalue weighted by Gasteiger charge is -2.30. The molecule has 1 fully saturated rings. The summed E-state index contributed by atoms with van der Waals surface area (Å²) in [7, 11) is 0. The first kappa shape index (κ1) is 31.3. The van der Waals surface area contributed by atoms with Crippen molar-refractivity contribution in [3.63, 3.8) is 0 Å². The third-order valence-corrected chi connectivity index (χ3v) is 7.17. The van der Waals surface area contributed by atoms with Crippen molar-refractivity contribution >= 4 is 29.5 Å². The van der Waals surface area contributed by atoms with Crippen LogP contribution in [-0.4, -0.2) is 62.5 Å². The van der Waals surface area contributed by atoms with Crippen molar-refractivity contribution in [3.8, 4) is 5.69 Å². The van der Waals surface area contributed by atoms with Gasteiger partial charge in [-0.15, -0.1) is 0 Å². The van der Waals surface area contributed by atoms with Crippen LogP contribution in [0.1, 0.15) is 66.8 Å². The Morgan fingerprint density at radius 3 is 2.44 bits per heavy atom. The van der Waals surface area contributed by atoms with E-state index < -0.39 is 35.7 Å². The van der Waals surface area contributed by atoms with Crippen molar-refractivity contribution in [1.82, 2.24) is 9.78 Å². The van der Waals surface area contributed by atoms with Gasteiger partial charge in [0.05, 0.1) is 35.2 Å². The molecule has 1 aromatic carbocycles. The Labute approximate surface area is 236 Å². The zero-order valence-electron chi connectivity index (χ0n) is 23.3. The maximum atomic E-state index is 15.2. The number of rotatable bonds is 8. The molecule has 2 aliphatic rings. The molecule has 0 radical (unpaired) electrons. The molecule has 41 heavy (non-hydrogen) atoms. The molecule has 2 aliphatic carbocycles. The Bertz CT molecular complexity index is 1350. The van der Waals surface area contributed by atoms with Gasteiger partial charge in [0.2, 0.25) is 0 Å². The second-order valence-electron chi connectivity index (χ2n) is 10.9. The summed E-state index contributed by atoms with van der Waals surface area (Å²) in [5.41, 5.74) is 14.8. The van der Waals surface area contributed by atoms with Crippen LogP contribution in [0.3, 0.4) is 0 Å². The number of aliphatic carboxylic acids is 2. The second kappa shape index (κ2) is 12.9. The van der Waals surface area contributed by atoms with Crippen LogP contribution in [0.4, 0.5) is 10.1 Å².